The second kappa shape index (κ2) is 18.0. The van der Waals surface area contributed by atoms with Crippen LogP contribution in [-0.2, 0) is 35.1 Å². The van der Waals surface area contributed by atoms with Crippen LogP contribution >= 0.6 is 0 Å². The van der Waals surface area contributed by atoms with Crippen LogP contribution in [-0.4, -0.2) is 109 Å². The molecule has 4 heterocycles. The summed E-state index contributed by atoms with van der Waals surface area (Å²) in [6.07, 6.45) is 2.42. The highest BCUT2D eigenvalue weighted by molar-refractivity contribution is 6.04. The van der Waals surface area contributed by atoms with Crippen molar-refractivity contribution in [2.45, 2.75) is 38.3 Å². The van der Waals surface area contributed by atoms with E-state index in [4.69, 9.17) is 19.9 Å². The average molecular weight is 743 g/mol. The van der Waals surface area contributed by atoms with Gasteiger partial charge in [-0.3, -0.25) is 19.2 Å². The van der Waals surface area contributed by atoms with Gasteiger partial charge in [-0.15, -0.1) is 10.2 Å². The van der Waals surface area contributed by atoms with Crippen LogP contribution in [0.25, 0.3) is 11.3 Å². The van der Waals surface area contributed by atoms with Gasteiger partial charge in [0.1, 0.15) is 18.4 Å². The molecule has 0 aliphatic carbocycles. The highest BCUT2D eigenvalue weighted by Gasteiger charge is 2.39. The second-order valence-corrected chi connectivity index (χ2v) is 13.3. The normalized spacial score (nSPS) is 17.3. The molecule has 0 bridgehead atoms. The van der Waals surface area contributed by atoms with Crippen molar-refractivity contribution in [2.75, 3.05) is 75.2 Å². The number of nitrogens with zero attached hydrogens (tertiary/aromatic N) is 4. The zero-order valence-electron chi connectivity index (χ0n) is 30.1. The highest BCUT2D eigenvalue weighted by atomic mass is 16.5. The molecule has 3 aliphatic heterocycles. The van der Waals surface area contributed by atoms with E-state index in [9.17, 15) is 24.3 Å². The van der Waals surface area contributed by atoms with E-state index in [1.807, 2.05) is 12.1 Å². The third-order valence-electron chi connectivity index (χ3n) is 9.68. The fraction of sp³-hybridized carbons (Fsp3) is 0.421. The maximum atomic E-state index is 13.1. The fourth-order valence-corrected chi connectivity index (χ4v) is 6.81. The number of allylic oxidation sites excluding steroid dienone is 1. The lowest BCUT2D eigenvalue weighted by molar-refractivity contribution is -0.126. The molecule has 16 heteroatoms. The zero-order chi connectivity index (χ0) is 38.0. The Morgan fingerprint density at radius 1 is 0.944 bits per heavy atom. The van der Waals surface area contributed by atoms with Crippen molar-refractivity contribution in [3.8, 4) is 17.0 Å². The second-order valence-electron chi connectivity index (χ2n) is 13.3. The number of amides is 4. The molecule has 1 aromatic heterocycles. The maximum absolute atomic E-state index is 13.1. The van der Waals surface area contributed by atoms with Crippen LogP contribution in [0, 0.1) is 5.92 Å². The number of nitrogens with one attached hydrogen (secondary N) is 3. The number of carbonyl (C=O) groups is 4. The first kappa shape index (κ1) is 38.2. The predicted octanol–water partition coefficient (Wildman–Crippen LogP) is 2.20. The van der Waals surface area contributed by atoms with Gasteiger partial charge in [0.2, 0.25) is 17.7 Å². The number of benzene rings is 2. The Morgan fingerprint density at radius 2 is 1.67 bits per heavy atom. The van der Waals surface area contributed by atoms with E-state index in [-0.39, 0.29) is 61.7 Å². The summed E-state index contributed by atoms with van der Waals surface area (Å²) in [7, 11) is 0. The zero-order valence-corrected chi connectivity index (χ0v) is 30.1. The number of aromatic nitrogens is 2. The van der Waals surface area contributed by atoms with E-state index < -0.39 is 6.04 Å². The molecule has 4 amide bonds. The lowest BCUT2D eigenvalue weighted by Crippen LogP contribution is -2.49. The monoisotopic (exact) mass is 742 g/mol. The summed E-state index contributed by atoms with van der Waals surface area (Å²) >= 11 is 0. The van der Waals surface area contributed by atoms with Gasteiger partial charge in [0.15, 0.2) is 5.82 Å². The molecule has 2 saturated heterocycles. The summed E-state index contributed by atoms with van der Waals surface area (Å²) in [5, 5.41) is 26.9. The average Bonchev–Trinajstić information content (AvgIpc) is 3.50. The van der Waals surface area contributed by atoms with Crippen LogP contribution in [0.1, 0.15) is 41.6 Å². The molecule has 0 radical (unpaired) electrons. The number of fused-ring (bicyclic) bond motifs is 1. The Kier molecular flexibility index (Phi) is 12.7. The SMILES string of the molecule is C=C1CCC(N2Cc3c(NC(=O)COCCOCCOCCNC(=O)C4CCN(c5cc(-c6ccccc6O)nnc5N)CC4)cccc3C2=O)C(=O)N1. The number of hydrogen-bond acceptors (Lipinski definition) is 12. The Hall–Kier alpha value is -5.58. The molecule has 0 saturated carbocycles. The molecule has 0 spiro atoms. The van der Waals surface area contributed by atoms with Crippen LogP contribution in [0.4, 0.5) is 17.2 Å². The van der Waals surface area contributed by atoms with Gasteiger partial charge in [0.25, 0.3) is 5.91 Å². The smallest absolute Gasteiger partial charge is 0.255 e. The van der Waals surface area contributed by atoms with Crippen LogP contribution in [0.5, 0.6) is 5.75 Å². The lowest BCUT2D eigenvalue weighted by Gasteiger charge is -2.33. The number of phenols is 1. The minimum Gasteiger partial charge on any atom is -0.507 e. The molecule has 1 unspecified atom stereocenters. The van der Waals surface area contributed by atoms with Crippen molar-refractivity contribution in [1.29, 1.82) is 0 Å². The lowest BCUT2D eigenvalue weighted by atomic mass is 9.95. The van der Waals surface area contributed by atoms with Crippen LogP contribution in [0.15, 0.2) is 60.8 Å². The molecule has 2 aromatic carbocycles. The number of piperidine rings is 2. The third-order valence-corrected chi connectivity index (χ3v) is 9.68. The molecular weight excluding hydrogens is 696 g/mol. The summed E-state index contributed by atoms with van der Waals surface area (Å²) in [5.74, 6) is -0.580. The number of nitrogens with two attached hydrogens (primary N) is 1. The fourth-order valence-electron chi connectivity index (χ4n) is 6.81. The van der Waals surface area contributed by atoms with E-state index in [0.29, 0.717) is 105 Å². The summed E-state index contributed by atoms with van der Waals surface area (Å²) in [6, 6.07) is 13.3. The van der Waals surface area contributed by atoms with Crippen LogP contribution in [0.3, 0.4) is 0 Å². The van der Waals surface area contributed by atoms with Crippen molar-refractivity contribution in [3.05, 3.63) is 71.9 Å². The first-order valence-corrected chi connectivity index (χ1v) is 18.1. The molecule has 16 nitrogen and oxygen atoms in total. The molecule has 3 aliphatic rings. The molecule has 54 heavy (non-hydrogen) atoms. The largest absolute Gasteiger partial charge is 0.507 e. The Labute approximate surface area is 313 Å². The maximum Gasteiger partial charge on any atom is 0.255 e. The van der Waals surface area contributed by atoms with E-state index in [2.05, 4.69) is 37.6 Å². The molecule has 1 atom stereocenters. The van der Waals surface area contributed by atoms with Gasteiger partial charge < -0.3 is 50.8 Å². The van der Waals surface area contributed by atoms with Gasteiger partial charge >= 0.3 is 0 Å². The molecule has 3 aromatic rings. The Morgan fingerprint density at radius 3 is 2.43 bits per heavy atom. The van der Waals surface area contributed by atoms with Crippen molar-refractivity contribution < 1.29 is 38.5 Å². The number of para-hydroxylation sites is 1. The summed E-state index contributed by atoms with van der Waals surface area (Å²) < 4.78 is 16.6. The van der Waals surface area contributed by atoms with Gasteiger partial charge in [-0.25, -0.2) is 0 Å². The number of hydrogen-bond donors (Lipinski definition) is 5. The van der Waals surface area contributed by atoms with Crippen molar-refractivity contribution in [3.63, 3.8) is 0 Å². The van der Waals surface area contributed by atoms with E-state index in [0.717, 1.165) is 5.69 Å². The quantitative estimate of drug-likeness (QED) is 0.134. The summed E-state index contributed by atoms with van der Waals surface area (Å²) in [5.41, 5.74) is 10.3. The number of nitrogen functional groups attached to an aromatic ring is 1. The number of phenolic OH excluding ortho intramolecular Hbond substituents is 1. The van der Waals surface area contributed by atoms with Gasteiger partial charge in [-0.1, -0.05) is 24.8 Å². The molecule has 286 valence electrons. The van der Waals surface area contributed by atoms with Crippen LogP contribution < -0.4 is 26.6 Å². The number of ether oxygens (including phenoxy) is 3. The molecule has 2 fully saturated rings. The first-order chi connectivity index (χ1) is 26.2. The topological polar surface area (TPSA) is 211 Å². The Bertz CT molecular complexity index is 1860. The minimum atomic E-state index is -0.582. The summed E-state index contributed by atoms with van der Waals surface area (Å²) in [6.45, 7) is 6.95. The Balaban J connectivity index is 0.801. The van der Waals surface area contributed by atoms with Gasteiger partial charge in [0.05, 0.1) is 44.4 Å². The first-order valence-electron chi connectivity index (χ1n) is 18.1. The van der Waals surface area contributed by atoms with Crippen molar-refractivity contribution in [1.82, 2.24) is 25.7 Å². The standard InChI is InChI=1S/C38H46N8O8/c1-24-9-10-31(37(50)41-24)46-22-28-26(38(46)51)6-4-7-29(28)42-34(48)23-54-20-19-53-18-17-52-16-13-40-36(49)25-11-14-45(15-12-25)32-21-30(43-44-35(32)39)27-5-2-3-8-33(27)47/h2-8,21,25,31,47H,1,9-20,22-23H2,(H2,39,44)(H,40,49)(H,41,50)(H,42,48). The number of aromatic hydroxyl groups is 1. The van der Waals surface area contributed by atoms with Crippen molar-refractivity contribution >= 4 is 40.8 Å². The molecule has 6 rings (SSSR count). The highest BCUT2D eigenvalue weighted by Crippen LogP contribution is 2.34. The van der Waals surface area contributed by atoms with Gasteiger partial charge in [0, 0.05) is 60.2 Å². The van der Waals surface area contributed by atoms with E-state index in [1.165, 1.54) is 4.90 Å². The van der Waals surface area contributed by atoms with Gasteiger partial charge in [-0.05, 0) is 56.0 Å². The van der Waals surface area contributed by atoms with Gasteiger partial charge in [-0.2, -0.15) is 0 Å². The third kappa shape index (κ3) is 9.31. The van der Waals surface area contributed by atoms with E-state index >= 15 is 0 Å². The molecule has 6 N–H and O–H groups in total. The number of carbonyl (C=O) groups excluding carboxylic acids is 4. The van der Waals surface area contributed by atoms with Crippen molar-refractivity contribution in [2.24, 2.45) is 5.92 Å². The number of anilines is 3. The van der Waals surface area contributed by atoms with E-state index in [1.54, 1.807) is 36.4 Å². The predicted molar refractivity (Wildman–Crippen MR) is 199 cm³/mol. The molecular formula is C38H46N8O8. The summed E-state index contributed by atoms with van der Waals surface area (Å²) in [4.78, 5) is 54.5. The number of rotatable bonds is 16. The minimum absolute atomic E-state index is 0.0149. The van der Waals surface area contributed by atoms with Crippen LogP contribution in [0.2, 0.25) is 0 Å².